The Hall–Kier alpha value is -1.81. The molecule has 1 atom stereocenters. The molecule has 0 aliphatic rings. The van der Waals surface area contributed by atoms with Crippen molar-refractivity contribution < 1.29 is 4.79 Å². The van der Waals surface area contributed by atoms with Crippen LogP contribution in [0.25, 0.3) is 0 Å². The monoisotopic (exact) mass is 277 g/mol. The van der Waals surface area contributed by atoms with Gasteiger partial charge in [0.1, 0.15) is 5.38 Å². The SMILES string of the molecule is CN(Cc1cnn(C)c1)C(=O)C(Cl)c1ccccc1. The van der Waals surface area contributed by atoms with E-state index in [0.717, 1.165) is 11.1 Å². The number of aromatic nitrogens is 2. The Labute approximate surface area is 117 Å². The highest BCUT2D eigenvalue weighted by Gasteiger charge is 2.21. The number of nitrogens with zero attached hydrogens (tertiary/aromatic N) is 3. The number of rotatable bonds is 4. The number of benzene rings is 1. The highest BCUT2D eigenvalue weighted by atomic mass is 35.5. The first-order valence-electron chi connectivity index (χ1n) is 5.99. The third kappa shape index (κ3) is 3.35. The first-order valence-corrected chi connectivity index (χ1v) is 6.43. The van der Waals surface area contributed by atoms with Crippen molar-refractivity contribution in [3.63, 3.8) is 0 Å². The van der Waals surface area contributed by atoms with E-state index in [0.29, 0.717) is 6.54 Å². The summed E-state index contributed by atoms with van der Waals surface area (Å²) in [4.78, 5) is 13.8. The molecule has 0 spiro atoms. The van der Waals surface area contributed by atoms with E-state index in [4.69, 9.17) is 11.6 Å². The van der Waals surface area contributed by atoms with E-state index in [1.54, 1.807) is 22.8 Å². The van der Waals surface area contributed by atoms with Gasteiger partial charge < -0.3 is 4.90 Å². The molecular formula is C14H16ClN3O. The summed E-state index contributed by atoms with van der Waals surface area (Å²) < 4.78 is 1.71. The Balaban J connectivity index is 2.03. The molecule has 5 heteroatoms. The number of carbonyl (C=O) groups is 1. The van der Waals surface area contributed by atoms with E-state index in [2.05, 4.69) is 5.10 Å². The summed E-state index contributed by atoms with van der Waals surface area (Å²) in [5.74, 6) is -0.114. The van der Waals surface area contributed by atoms with E-state index in [-0.39, 0.29) is 5.91 Å². The third-order valence-electron chi connectivity index (χ3n) is 2.86. The van der Waals surface area contributed by atoms with E-state index in [9.17, 15) is 4.79 Å². The number of aryl methyl sites for hydroxylation is 1. The lowest BCUT2D eigenvalue weighted by Gasteiger charge is -2.19. The molecule has 2 rings (SSSR count). The van der Waals surface area contributed by atoms with Gasteiger partial charge in [-0.3, -0.25) is 9.48 Å². The number of likely N-dealkylation sites (N-methyl/N-ethyl adjacent to an activating group) is 1. The summed E-state index contributed by atoms with van der Waals surface area (Å²) in [5, 5.41) is 3.43. The fourth-order valence-corrected chi connectivity index (χ4v) is 2.18. The second kappa shape index (κ2) is 5.89. The largest absolute Gasteiger partial charge is 0.340 e. The lowest BCUT2D eigenvalue weighted by Crippen LogP contribution is -2.29. The standard InChI is InChI=1S/C14H16ClN3O/c1-17(9-11-8-16-18(2)10-11)14(19)13(15)12-6-4-3-5-7-12/h3-8,10,13H,9H2,1-2H3. The Morgan fingerprint density at radius 2 is 2.11 bits per heavy atom. The molecule has 0 fully saturated rings. The van der Waals surface area contributed by atoms with Crippen molar-refractivity contribution in [3.8, 4) is 0 Å². The molecule has 2 aromatic rings. The van der Waals surface area contributed by atoms with Crippen molar-refractivity contribution >= 4 is 17.5 Å². The zero-order chi connectivity index (χ0) is 13.8. The van der Waals surface area contributed by atoms with Crippen LogP contribution < -0.4 is 0 Å². The molecule has 4 nitrogen and oxygen atoms in total. The highest BCUT2D eigenvalue weighted by Crippen LogP contribution is 2.22. The first kappa shape index (κ1) is 13.6. The van der Waals surface area contributed by atoms with Gasteiger partial charge in [-0.15, -0.1) is 11.6 Å². The van der Waals surface area contributed by atoms with Gasteiger partial charge in [-0.25, -0.2) is 0 Å². The Bertz CT molecular complexity index is 553. The molecule has 1 amide bonds. The van der Waals surface area contributed by atoms with E-state index in [1.165, 1.54) is 0 Å². The van der Waals surface area contributed by atoms with Crippen molar-refractivity contribution in [3.05, 3.63) is 53.9 Å². The lowest BCUT2D eigenvalue weighted by atomic mass is 10.1. The zero-order valence-electron chi connectivity index (χ0n) is 11.0. The maximum Gasteiger partial charge on any atom is 0.245 e. The van der Waals surface area contributed by atoms with Gasteiger partial charge in [-0.05, 0) is 5.56 Å². The summed E-state index contributed by atoms with van der Waals surface area (Å²) in [6.07, 6.45) is 3.63. The van der Waals surface area contributed by atoms with Crippen LogP contribution in [-0.2, 0) is 18.4 Å². The van der Waals surface area contributed by atoms with Gasteiger partial charge >= 0.3 is 0 Å². The minimum absolute atomic E-state index is 0.114. The Kier molecular flexibility index (Phi) is 4.22. The minimum Gasteiger partial charge on any atom is -0.340 e. The molecule has 0 N–H and O–H groups in total. The normalized spacial score (nSPS) is 12.2. The molecule has 0 saturated carbocycles. The number of hydrogen-bond acceptors (Lipinski definition) is 2. The van der Waals surface area contributed by atoms with Crippen molar-refractivity contribution in [1.29, 1.82) is 0 Å². The number of halogens is 1. The van der Waals surface area contributed by atoms with Crippen LogP contribution >= 0.6 is 11.6 Å². The minimum atomic E-state index is -0.650. The van der Waals surface area contributed by atoms with E-state index in [1.807, 2.05) is 43.6 Å². The van der Waals surface area contributed by atoms with Crippen molar-refractivity contribution in [2.45, 2.75) is 11.9 Å². The molecule has 1 aromatic carbocycles. The quantitative estimate of drug-likeness (QED) is 0.805. The van der Waals surface area contributed by atoms with E-state index >= 15 is 0 Å². The van der Waals surface area contributed by atoms with Crippen LogP contribution in [-0.4, -0.2) is 27.6 Å². The summed E-state index contributed by atoms with van der Waals surface area (Å²) in [6.45, 7) is 0.503. The van der Waals surface area contributed by atoms with Gasteiger partial charge in [0.15, 0.2) is 0 Å². The van der Waals surface area contributed by atoms with Crippen molar-refractivity contribution in [2.24, 2.45) is 7.05 Å². The van der Waals surface area contributed by atoms with Crippen molar-refractivity contribution in [1.82, 2.24) is 14.7 Å². The molecule has 100 valence electrons. The van der Waals surface area contributed by atoms with E-state index < -0.39 is 5.38 Å². The molecule has 0 bridgehead atoms. The van der Waals surface area contributed by atoms with Crippen LogP contribution in [0.2, 0.25) is 0 Å². The molecular weight excluding hydrogens is 262 g/mol. The lowest BCUT2D eigenvalue weighted by molar-refractivity contribution is -0.130. The third-order valence-corrected chi connectivity index (χ3v) is 3.30. The smallest absolute Gasteiger partial charge is 0.245 e. The molecule has 0 radical (unpaired) electrons. The topological polar surface area (TPSA) is 38.1 Å². The summed E-state index contributed by atoms with van der Waals surface area (Å²) >= 11 is 6.21. The predicted molar refractivity (Wildman–Crippen MR) is 74.7 cm³/mol. The molecule has 1 unspecified atom stereocenters. The van der Waals surface area contributed by atoms with Crippen LogP contribution in [0.1, 0.15) is 16.5 Å². The van der Waals surface area contributed by atoms with Gasteiger partial charge in [0.2, 0.25) is 5.91 Å². The van der Waals surface area contributed by atoms with Crippen molar-refractivity contribution in [2.75, 3.05) is 7.05 Å². The molecule has 1 heterocycles. The predicted octanol–water partition coefficient (Wildman–Crippen LogP) is 2.36. The first-order chi connectivity index (χ1) is 9.08. The molecule has 0 saturated heterocycles. The fraction of sp³-hybridized carbons (Fsp3) is 0.286. The maximum atomic E-state index is 12.2. The number of hydrogen-bond donors (Lipinski definition) is 0. The van der Waals surface area contributed by atoms with Gasteiger partial charge in [0.25, 0.3) is 0 Å². The van der Waals surface area contributed by atoms with Crippen LogP contribution in [0.5, 0.6) is 0 Å². The molecule has 0 aliphatic heterocycles. The number of alkyl halides is 1. The Morgan fingerprint density at radius 1 is 1.42 bits per heavy atom. The van der Waals surface area contributed by atoms with Crippen LogP contribution in [0.15, 0.2) is 42.7 Å². The number of carbonyl (C=O) groups excluding carboxylic acids is 1. The summed E-state index contributed by atoms with van der Waals surface area (Å²) in [5.41, 5.74) is 1.79. The summed E-state index contributed by atoms with van der Waals surface area (Å²) in [7, 11) is 3.59. The fourth-order valence-electron chi connectivity index (χ4n) is 1.86. The number of amides is 1. The van der Waals surface area contributed by atoms with Gasteiger partial charge in [0.05, 0.1) is 6.20 Å². The Morgan fingerprint density at radius 3 is 2.68 bits per heavy atom. The molecule has 0 aliphatic carbocycles. The van der Waals surface area contributed by atoms with Crippen LogP contribution in [0, 0.1) is 0 Å². The van der Waals surface area contributed by atoms with Gasteiger partial charge in [-0.2, -0.15) is 5.10 Å². The highest BCUT2D eigenvalue weighted by molar-refractivity contribution is 6.30. The van der Waals surface area contributed by atoms with Crippen LogP contribution in [0.4, 0.5) is 0 Å². The molecule has 1 aromatic heterocycles. The zero-order valence-corrected chi connectivity index (χ0v) is 11.7. The second-order valence-corrected chi connectivity index (χ2v) is 4.93. The average molecular weight is 278 g/mol. The second-order valence-electron chi connectivity index (χ2n) is 4.49. The van der Waals surface area contributed by atoms with Gasteiger partial charge in [0, 0.05) is 32.4 Å². The van der Waals surface area contributed by atoms with Gasteiger partial charge in [-0.1, -0.05) is 30.3 Å². The summed E-state index contributed by atoms with van der Waals surface area (Å²) in [6, 6.07) is 9.36. The maximum absolute atomic E-state index is 12.2. The van der Waals surface area contributed by atoms with Crippen LogP contribution in [0.3, 0.4) is 0 Å². The molecule has 19 heavy (non-hydrogen) atoms. The average Bonchev–Trinajstić information content (AvgIpc) is 2.83.